The minimum Gasteiger partial charge on any atom is -0.382 e. The summed E-state index contributed by atoms with van der Waals surface area (Å²) >= 11 is 0. The molecule has 2 heterocycles. The van der Waals surface area contributed by atoms with Gasteiger partial charge in [0.2, 0.25) is 5.91 Å². The van der Waals surface area contributed by atoms with Gasteiger partial charge in [0.05, 0.1) is 29.7 Å². The molecule has 0 saturated heterocycles. The quantitative estimate of drug-likeness (QED) is 0.841. The molecule has 1 aromatic carbocycles. The number of rotatable bonds is 2. The van der Waals surface area contributed by atoms with E-state index in [0.717, 1.165) is 16.6 Å². The van der Waals surface area contributed by atoms with Gasteiger partial charge in [-0.2, -0.15) is 0 Å². The van der Waals surface area contributed by atoms with Crippen LogP contribution in [0.15, 0.2) is 30.5 Å². The number of nitrogens with zero attached hydrogens (tertiary/aromatic N) is 1. The summed E-state index contributed by atoms with van der Waals surface area (Å²) in [6, 6.07) is 7.45. The largest absolute Gasteiger partial charge is 0.382 e. The zero-order valence-corrected chi connectivity index (χ0v) is 9.93. The maximum absolute atomic E-state index is 11.8. The first-order chi connectivity index (χ1) is 8.79. The minimum atomic E-state index is -0.367. The van der Waals surface area contributed by atoms with Gasteiger partial charge < -0.3 is 15.4 Å². The van der Waals surface area contributed by atoms with Gasteiger partial charge in [-0.1, -0.05) is 18.2 Å². The van der Waals surface area contributed by atoms with E-state index in [-0.39, 0.29) is 11.9 Å². The van der Waals surface area contributed by atoms with Gasteiger partial charge >= 0.3 is 0 Å². The van der Waals surface area contributed by atoms with E-state index >= 15 is 0 Å². The van der Waals surface area contributed by atoms with Crippen LogP contribution in [0.5, 0.6) is 0 Å². The van der Waals surface area contributed by atoms with Crippen LogP contribution in [0.4, 0.5) is 11.4 Å². The molecular formula is C13H13N3O2. The molecule has 0 saturated carbocycles. The zero-order chi connectivity index (χ0) is 12.5. The van der Waals surface area contributed by atoms with Crippen LogP contribution in [0.2, 0.25) is 0 Å². The Morgan fingerprint density at radius 2 is 2.22 bits per heavy atom. The monoisotopic (exact) mass is 243 g/mol. The number of benzene rings is 1. The molecule has 5 heteroatoms. The molecule has 18 heavy (non-hydrogen) atoms. The van der Waals surface area contributed by atoms with Gasteiger partial charge in [0.1, 0.15) is 6.04 Å². The van der Waals surface area contributed by atoms with Crippen LogP contribution in [-0.2, 0) is 9.53 Å². The van der Waals surface area contributed by atoms with E-state index in [9.17, 15) is 4.79 Å². The summed E-state index contributed by atoms with van der Waals surface area (Å²) in [6.07, 6.45) is 1.67. The van der Waals surface area contributed by atoms with E-state index in [1.807, 2.05) is 24.3 Å². The third kappa shape index (κ3) is 1.69. The van der Waals surface area contributed by atoms with Gasteiger partial charge in [0.15, 0.2) is 0 Å². The van der Waals surface area contributed by atoms with Gasteiger partial charge in [-0.15, -0.1) is 0 Å². The van der Waals surface area contributed by atoms with Crippen molar-refractivity contribution in [3.63, 3.8) is 0 Å². The van der Waals surface area contributed by atoms with Crippen molar-refractivity contribution in [2.24, 2.45) is 0 Å². The van der Waals surface area contributed by atoms with E-state index < -0.39 is 0 Å². The van der Waals surface area contributed by atoms with E-state index in [1.54, 1.807) is 13.3 Å². The second kappa shape index (κ2) is 4.27. The Hall–Kier alpha value is -2.14. The molecule has 3 rings (SSSR count). The van der Waals surface area contributed by atoms with Gasteiger partial charge in [0.25, 0.3) is 0 Å². The number of carbonyl (C=O) groups excluding carboxylic acids is 1. The Balaban J connectivity index is 2.11. The fourth-order valence-corrected chi connectivity index (χ4v) is 2.14. The van der Waals surface area contributed by atoms with Crippen molar-refractivity contribution in [3.05, 3.63) is 30.5 Å². The highest BCUT2D eigenvalue weighted by Gasteiger charge is 2.26. The second-order valence-corrected chi connectivity index (χ2v) is 4.21. The highest BCUT2D eigenvalue weighted by molar-refractivity contribution is 6.09. The molecule has 1 aliphatic rings. The fourth-order valence-electron chi connectivity index (χ4n) is 2.14. The van der Waals surface area contributed by atoms with Crippen LogP contribution >= 0.6 is 0 Å². The first-order valence-corrected chi connectivity index (χ1v) is 5.73. The number of ether oxygens (including phenoxy) is 1. The van der Waals surface area contributed by atoms with Crippen LogP contribution in [0.3, 0.4) is 0 Å². The number of anilines is 2. The lowest BCUT2D eigenvalue weighted by Crippen LogP contribution is -2.42. The van der Waals surface area contributed by atoms with Crippen molar-refractivity contribution in [2.45, 2.75) is 6.04 Å². The molecule has 0 fully saturated rings. The standard InChI is InChI=1S/C13H13N3O2/c1-18-7-11-13(17)16-10-6-14-9-5-3-2-4-8(9)12(10)15-11/h2-6,11,15H,7H2,1H3,(H,16,17). The van der Waals surface area contributed by atoms with Crippen molar-refractivity contribution in [3.8, 4) is 0 Å². The lowest BCUT2D eigenvalue weighted by atomic mass is 10.1. The summed E-state index contributed by atoms with van der Waals surface area (Å²) in [5.74, 6) is -0.0959. The third-order valence-corrected chi connectivity index (χ3v) is 3.00. The number of hydrogen-bond acceptors (Lipinski definition) is 4. The van der Waals surface area contributed by atoms with Crippen LogP contribution < -0.4 is 10.6 Å². The molecular weight excluding hydrogens is 230 g/mol. The highest BCUT2D eigenvalue weighted by atomic mass is 16.5. The van der Waals surface area contributed by atoms with Crippen LogP contribution in [0.1, 0.15) is 0 Å². The zero-order valence-electron chi connectivity index (χ0n) is 9.93. The average Bonchev–Trinajstić information content (AvgIpc) is 2.40. The number of aromatic nitrogens is 1. The Morgan fingerprint density at radius 3 is 3.06 bits per heavy atom. The topological polar surface area (TPSA) is 63.2 Å². The molecule has 2 N–H and O–H groups in total. The van der Waals surface area contributed by atoms with E-state index in [0.29, 0.717) is 12.3 Å². The minimum absolute atomic E-state index is 0.0959. The van der Waals surface area contributed by atoms with Crippen molar-refractivity contribution in [1.82, 2.24) is 4.98 Å². The first kappa shape index (κ1) is 11.0. The number of methoxy groups -OCH3 is 1. The molecule has 1 aromatic heterocycles. The lowest BCUT2D eigenvalue weighted by molar-refractivity contribution is -0.118. The highest BCUT2D eigenvalue weighted by Crippen LogP contribution is 2.32. The van der Waals surface area contributed by atoms with E-state index in [4.69, 9.17) is 4.74 Å². The smallest absolute Gasteiger partial charge is 0.249 e. The lowest BCUT2D eigenvalue weighted by Gasteiger charge is -2.27. The molecule has 92 valence electrons. The van der Waals surface area contributed by atoms with Crippen molar-refractivity contribution in [1.29, 1.82) is 0 Å². The number of hydrogen-bond donors (Lipinski definition) is 2. The number of para-hydroxylation sites is 1. The molecule has 0 radical (unpaired) electrons. The Labute approximate surface area is 104 Å². The summed E-state index contributed by atoms with van der Waals surface area (Å²) in [7, 11) is 1.58. The Kier molecular flexibility index (Phi) is 2.60. The first-order valence-electron chi connectivity index (χ1n) is 5.73. The molecule has 1 atom stereocenters. The number of pyridine rings is 1. The van der Waals surface area contributed by atoms with Crippen LogP contribution in [-0.4, -0.2) is 30.6 Å². The van der Waals surface area contributed by atoms with Gasteiger partial charge in [-0.05, 0) is 6.07 Å². The van der Waals surface area contributed by atoms with Crippen LogP contribution in [0, 0.1) is 0 Å². The molecule has 1 amide bonds. The van der Waals surface area contributed by atoms with Crippen molar-refractivity contribution in [2.75, 3.05) is 24.4 Å². The summed E-state index contributed by atoms with van der Waals surface area (Å²) in [5, 5.41) is 7.05. The molecule has 1 aliphatic heterocycles. The molecule has 5 nitrogen and oxygen atoms in total. The molecule has 0 bridgehead atoms. The number of fused-ring (bicyclic) bond motifs is 3. The van der Waals surface area contributed by atoms with Crippen LogP contribution in [0.25, 0.3) is 10.9 Å². The molecule has 2 aromatic rings. The second-order valence-electron chi connectivity index (χ2n) is 4.21. The number of carbonyl (C=O) groups is 1. The fraction of sp³-hybridized carbons (Fsp3) is 0.231. The van der Waals surface area contributed by atoms with Gasteiger partial charge in [-0.3, -0.25) is 9.78 Å². The summed E-state index contributed by atoms with van der Waals surface area (Å²) < 4.78 is 5.04. The maximum atomic E-state index is 11.8. The Morgan fingerprint density at radius 1 is 1.39 bits per heavy atom. The van der Waals surface area contributed by atoms with Gasteiger partial charge in [0, 0.05) is 12.5 Å². The Bertz CT molecular complexity index is 612. The van der Waals surface area contributed by atoms with E-state index in [1.165, 1.54) is 0 Å². The normalized spacial score (nSPS) is 18.1. The van der Waals surface area contributed by atoms with Crippen molar-refractivity contribution < 1.29 is 9.53 Å². The average molecular weight is 243 g/mol. The van der Waals surface area contributed by atoms with E-state index in [2.05, 4.69) is 15.6 Å². The molecule has 0 aliphatic carbocycles. The SMILES string of the molecule is COCC1Nc2c(cnc3ccccc23)NC1=O. The number of amides is 1. The molecule has 1 unspecified atom stereocenters. The maximum Gasteiger partial charge on any atom is 0.249 e. The predicted molar refractivity (Wildman–Crippen MR) is 69.7 cm³/mol. The summed E-state index contributed by atoms with van der Waals surface area (Å²) in [4.78, 5) is 16.1. The van der Waals surface area contributed by atoms with Crippen molar-refractivity contribution >= 4 is 28.2 Å². The summed E-state index contributed by atoms with van der Waals surface area (Å²) in [5.41, 5.74) is 2.52. The van der Waals surface area contributed by atoms with Gasteiger partial charge in [-0.25, -0.2) is 0 Å². The number of nitrogens with one attached hydrogen (secondary N) is 2. The molecule has 0 spiro atoms. The third-order valence-electron chi connectivity index (χ3n) is 3.00. The summed E-state index contributed by atoms with van der Waals surface area (Å²) in [6.45, 7) is 0.335. The predicted octanol–water partition coefficient (Wildman–Crippen LogP) is 1.61.